The van der Waals surface area contributed by atoms with Crippen LogP contribution in [-0.4, -0.2) is 67.9 Å². The van der Waals surface area contributed by atoms with Gasteiger partial charge in [-0.1, -0.05) is 42.5 Å². The molecule has 41 heavy (non-hydrogen) atoms. The zero-order valence-electron chi connectivity index (χ0n) is 22.8. The first-order chi connectivity index (χ1) is 19.9. The summed E-state index contributed by atoms with van der Waals surface area (Å²) in [6.07, 6.45) is 1.03. The molecule has 0 amide bonds. The number of imidazole rings is 1. The van der Waals surface area contributed by atoms with Crippen molar-refractivity contribution in [1.29, 1.82) is 0 Å². The van der Waals surface area contributed by atoms with Gasteiger partial charge in [0.2, 0.25) is 5.95 Å². The van der Waals surface area contributed by atoms with Crippen LogP contribution in [0.4, 0.5) is 24.9 Å². The zero-order valence-corrected chi connectivity index (χ0v) is 22.8. The Hall–Kier alpha value is -3.70. The molecule has 0 aliphatic carbocycles. The van der Waals surface area contributed by atoms with E-state index in [1.165, 1.54) is 17.7 Å². The van der Waals surface area contributed by atoms with E-state index in [1.807, 2.05) is 15.5 Å². The lowest BCUT2D eigenvalue weighted by Gasteiger charge is -2.33. The highest BCUT2D eigenvalue weighted by atomic mass is 19.4. The number of rotatable bonds is 8. The average Bonchev–Trinajstić information content (AvgIpc) is 3.62. The number of hydrogen-bond donors (Lipinski definition) is 2. The molecular weight excluding hydrogens is 531 g/mol. The Labute approximate surface area is 236 Å². The second kappa shape index (κ2) is 11.7. The van der Waals surface area contributed by atoms with E-state index in [9.17, 15) is 18.3 Å². The molecule has 2 fully saturated rings. The first-order valence-corrected chi connectivity index (χ1v) is 14.2. The molecule has 0 spiro atoms. The molecule has 1 unspecified atom stereocenters. The third kappa shape index (κ3) is 6.15. The summed E-state index contributed by atoms with van der Waals surface area (Å²) in [6, 6.07) is 15.8. The van der Waals surface area contributed by atoms with E-state index in [0.29, 0.717) is 35.0 Å². The Balaban J connectivity index is 1.24. The van der Waals surface area contributed by atoms with Crippen molar-refractivity contribution in [1.82, 2.24) is 24.4 Å². The Morgan fingerprint density at radius 2 is 1.61 bits per heavy atom. The molecule has 216 valence electrons. The van der Waals surface area contributed by atoms with E-state index in [1.54, 1.807) is 6.33 Å². The molecule has 1 atom stereocenters. The number of aliphatic hydroxyl groups is 1. The molecular formula is C30H34F3N7O. The Morgan fingerprint density at radius 1 is 0.878 bits per heavy atom. The summed E-state index contributed by atoms with van der Waals surface area (Å²) >= 11 is 0. The van der Waals surface area contributed by atoms with Crippen molar-refractivity contribution in [2.45, 2.75) is 57.0 Å². The standard InChI is InChI=1S/C30H34F3N7O/c31-30(32,33)23-10-8-22(9-11-23)18-39-20-34-26-27(36-29(37-28(26)39)40-14-4-7-25(40)19-41)35-24-12-15-38(16-13-24)17-21-5-2-1-3-6-21/h1-3,5-6,8-11,20,24-25,41H,4,7,12-19H2,(H,35,36,37). The molecule has 4 heterocycles. The Kier molecular flexibility index (Phi) is 7.81. The molecule has 6 rings (SSSR count). The minimum absolute atomic E-state index is 0.0227. The lowest BCUT2D eigenvalue weighted by molar-refractivity contribution is -0.137. The second-order valence-corrected chi connectivity index (χ2v) is 11.0. The van der Waals surface area contributed by atoms with E-state index >= 15 is 0 Å². The maximum atomic E-state index is 13.1. The number of fused-ring (bicyclic) bond motifs is 1. The number of hydrogen-bond acceptors (Lipinski definition) is 7. The van der Waals surface area contributed by atoms with Gasteiger partial charge in [-0.25, -0.2) is 4.98 Å². The van der Waals surface area contributed by atoms with Gasteiger partial charge in [-0.05, 0) is 48.9 Å². The maximum Gasteiger partial charge on any atom is 0.416 e. The first kappa shape index (κ1) is 27.5. The number of nitrogens with one attached hydrogen (secondary N) is 1. The molecule has 0 radical (unpaired) electrons. The molecule has 2 aromatic heterocycles. The van der Waals surface area contributed by atoms with Crippen molar-refractivity contribution in [2.24, 2.45) is 0 Å². The predicted molar refractivity (Wildman–Crippen MR) is 152 cm³/mol. The number of halogens is 3. The highest BCUT2D eigenvalue weighted by Crippen LogP contribution is 2.31. The second-order valence-electron chi connectivity index (χ2n) is 11.0. The molecule has 2 aromatic carbocycles. The number of piperidine rings is 1. The summed E-state index contributed by atoms with van der Waals surface area (Å²) in [5.74, 6) is 1.19. The minimum Gasteiger partial charge on any atom is -0.394 e. The van der Waals surface area contributed by atoms with Crippen LogP contribution in [0.25, 0.3) is 11.2 Å². The smallest absolute Gasteiger partial charge is 0.394 e. The topological polar surface area (TPSA) is 82.3 Å². The fourth-order valence-corrected chi connectivity index (χ4v) is 5.83. The zero-order chi connectivity index (χ0) is 28.4. The van der Waals surface area contributed by atoms with Crippen molar-refractivity contribution in [2.75, 3.05) is 36.5 Å². The molecule has 2 N–H and O–H groups in total. The van der Waals surface area contributed by atoms with Crippen LogP contribution in [0, 0.1) is 0 Å². The summed E-state index contributed by atoms with van der Waals surface area (Å²) < 4.78 is 41.0. The number of benzene rings is 2. The summed E-state index contributed by atoms with van der Waals surface area (Å²) in [7, 11) is 0. The third-order valence-electron chi connectivity index (χ3n) is 8.11. The molecule has 0 saturated carbocycles. The normalized spacial score (nSPS) is 18.8. The van der Waals surface area contributed by atoms with Gasteiger partial charge in [0, 0.05) is 32.2 Å². The fraction of sp³-hybridized carbons (Fsp3) is 0.433. The molecule has 0 bridgehead atoms. The first-order valence-electron chi connectivity index (χ1n) is 14.2. The van der Waals surface area contributed by atoms with Gasteiger partial charge in [0.25, 0.3) is 0 Å². The number of likely N-dealkylation sites (tertiary alicyclic amines) is 1. The van der Waals surface area contributed by atoms with Gasteiger partial charge in [-0.3, -0.25) is 4.90 Å². The van der Waals surface area contributed by atoms with Gasteiger partial charge in [-0.2, -0.15) is 23.1 Å². The van der Waals surface area contributed by atoms with Crippen molar-refractivity contribution in [3.63, 3.8) is 0 Å². The van der Waals surface area contributed by atoms with Gasteiger partial charge in [-0.15, -0.1) is 0 Å². The number of nitrogens with zero attached hydrogens (tertiary/aromatic N) is 6. The third-order valence-corrected chi connectivity index (χ3v) is 8.11. The van der Waals surface area contributed by atoms with Crippen LogP contribution >= 0.6 is 0 Å². The summed E-state index contributed by atoms with van der Waals surface area (Å²) in [5.41, 5.74) is 2.59. The van der Waals surface area contributed by atoms with Gasteiger partial charge in [0.1, 0.15) is 0 Å². The number of alkyl halides is 3. The van der Waals surface area contributed by atoms with Crippen LogP contribution in [0.5, 0.6) is 0 Å². The maximum absolute atomic E-state index is 13.1. The van der Waals surface area contributed by atoms with Gasteiger partial charge in [0.05, 0.1) is 31.1 Å². The van der Waals surface area contributed by atoms with Gasteiger partial charge in [0.15, 0.2) is 17.0 Å². The fourth-order valence-electron chi connectivity index (χ4n) is 5.83. The van der Waals surface area contributed by atoms with Crippen LogP contribution in [0.15, 0.2) is 60.9 Å². The molecule has 11 heteroatoms. The van der Waals surface area contributed by atoms with Crippen molar-refractivity contribution >= 4 is 22.9 Å². The number of aromatic nitrogens is 4. The lowest BCUT2D eigenvalue weighted by Crippen LogP contribution is -2.39. The van der Waals surface area contributed by atoms with Gasteiger partial charge < -0.3 is 19.9 Å². The highest BCUT2D eigenvalue weighted by molar-refractivity contribution is 5.84. The largest absolute Gasteiger partial charge is 0.416 e. The van der Waals surface area contributed by atoms with E-state index in [-0.39, 0.29) is 18.7 Å². The molecule has 2 saturated heterocycles. The number of aliphatic hydroxyl groups excluding tert-OH is 1. The van der Waals surface area contributed by atoms with Crippen molar-refractivity contribution < 1.29 is 18.3 Å². The molecule has 2 aliphatic rings. The van der Waals surface area contributed by atoms with E-state index in [4.69, 9.17) is 9.97 Å². The van der Waals surface area contributed by atoms with Crippen LogP contribution in [0.2, 0.25) is 0 Å². The van der Waals surface area contributed by atoms with E-state index < -0.39 is 11.7 Å². The van der Waals surface area contributed by atoms with E-state index in [2.05, 4.69) is 39.5 Å². The van der Waals surface area contributed by atoms with Crippen LogP contribution in [0.3, 0.4) is 0 Å². The predicted octanol–water partition coefficient (Wildman–Crippen LogP) is 4.93. The molecule has 2 aliphatic heterocycles. The van der Waals surface area contributed by atoms with Crippen molar-refractivity contribution in [3.05, 3.63) is 77.6 Å². The number of anilines is 2. The average molecular weight is 566 g/mol. The van der Waals surface area contributed by atoms with Crippen LogP contribution in [0.1, 0.15) is 42.4 Å². The Bertz CT molecular complexity index is 1450. The summed E-state index contributed by atoms with van der Waals surface area (Å²) in [4.78, 5) is 18.9. The van der Waals surface area contributed by atoms with Crippen LogP contribution in [-0.2, 0) is 19.3 Å². The van der Waals surface area contributed by atoms with E-state index in [0.717, 1.165) is 64.0 Å². The summed E-state index contributed by atoms with van der Waals surface area (Å²) in [5, 5.41) is 13.6. The Morgan fingerprint density at radius 3 is 2.32 bits per heavy atom. The quantitative estimate of drug-likeness (QED) is 0.314. The minimum atomic E-state index is -4.38. The monoisotopic (exact) mass is 565 g/mol. The lowest BCUT2D eigenvalue weighted by atomic mass is 10.0. The van der Waals surface area contributed by atoms with Crippen molar-refractivity contribution in [3.8, 4) is 0 Å². The van der Waals surface area contributed by atoms with Gasteiger partial charge >= 0.3 is 6.18 Å². The summed E-state index contributed by atoms with van der Waals surface area (Å²) in [6.45, 7) is 3.96. The highest BCUT2D eigenvalue weighted by Gasteiger charge is 2.31. The molecule has 8 nitrogen and oxygen atoms in total. The van der Waals surface area contributed by atoms with Crippen LogP contribution < -0.4 is 10.2 Å². The SMILES string of the molecule is OCC1CCCN1c1nc(NC2CCN(Cc3ccccc3)CC2)c2ncn(Cc3ccc(C(F)(F)F)cc3)c2n1. The molecule has 4 aromatic rings.